The van der Waals surface area contributed by atoms with Gasteiger partial charge in [0.15, 0.2) is 0 Å². The minimum atomic E-state index is -0.906. The van der Waals surface area contributed by atoms with E-state index in [1.807, 2.05) is 24.3 Å². The molecule has 1 aromatic carbocycles. The van der Waals surface area contributed by atoms with Gasteiger partial charge in [0.2, 0.25) is 0 Å². The third-order valence-electron chi connectivity index (χ3n) is 3.07. The molecule has 0 saturated heterocycles. The number of aromatic nitrogens is 1. The van der Waals surface area contributed by atoms with Crippen LogP contribution in [0.3, 0.4) is 0 Å². The second kappa shape index (κ2) is 5.71. The van der Waals surface area contributed by atoms with Gasteiger partial charge in [0.05, 0.1) is 21.8 Å². The van der Waals surface area contributed by atoms with Crippen molar-refractivity contribution in [2.45, 2.75) is 6.54 Å². The van der Waals surface area contributed by atoms with E-state index in [2.05, 4.69) is 10.3 Å². The summed E-state index contributed by atoms with van der Waals surface area (Å²) in [6.07, 6.45) is 1.72. The summed E-state index contributed by atoms with van der Waals surface area (Å²) in [5.74, 6) is -0.906. The largest absolute Gasteiger partial charge is 0.478 e. The van der Waals surface area contributed by atoms with Crippen molar-refractivity contribution in [1.82, 2.24) is 4.98 Å². The molecule has 0 aliphatic rings. The van der Waals surface area contributed by atoms with Crippen LogP contribution >= 0.6 is 22.9 Å². The number of hydrogen-bond donors (Lipinski definition) is 2. The maximum atomic E-state index is 10.9. The zero-order valence-electron chi connectivity index (χ0n) is 10.8. The first-order valence-corrected chi connectivity index (χ1v) is 7.49. The molecule has 0 saturated carbocycles. The number of benzene rings is 1. The van der Waals surface area contributed by atoms with Crippen molar-refractivity contribution in [3.05, 3.63) is 57.4 Å². The molecule has 2 N–H and O–H groups in total. The first kappa shape index (κ1) is 13.9. The van der Waals surface area contributed by atoms with Gasteiger partial charge in [-0.25, -0.2) is 4.79 Å². The van der Waals surface area contributed by atoms with E-state index < -0.39 is 5.97 Å². The predicted molar refractivity (Wildman–Crippen MR) is 85.4 cm³/mol. The van der Waals surface area contributed by atoms with Gasteiger partial charge in [-0.15, -0.1) is 11.3 Å². The molecule has 2 heterocycles. The molecular formula is C15H11ClN2O2S. The van der Waals surface area contributed by atoms with Crippen LogP contribution in [0.15, 0.2) is 41.9 Å². The van der Waals surface area contributed by atoms with E-state index in [1.165, 1.54) is 11.3 Å². The molecule has 0 unspecified atom stereocenters. The van der Waals surface area contributed by atoms with Crippen molar-refractivity contribution >= 4 is 45.5 Å². The molecule has 0 radical (unpaired) electrons. The topological polar surface area (TPSA) is 62.2 Å². The van der Waals surface area contributed by atoms with Gasteiger partial charge in [-0.1, -0.05) is 11.6 Å². The highest BCUT2D eigenvalue weighted by Crippen LogP contribution is 2.28. The fraction of sp³-hybridized carbons (Fsp3) is 0.0667. The number of halogens is 1. The summed E-state index contributed by atoms with van der Waals surface area (Å²) in [5, 5.41) is 15.4. The summed E-state index contributed by atoms with van der Waals surface area (Å²) in [6.45, 7) is 0.547. The van der Waals surface area contributed by atoms with Crippen LogP contribution in [0.2, 0.25) is 5.02 Å². The lowest BCUT2D eigenvalue weighted by Crippen LogP contribution is -1.99. The number of aromatic carboxylic acids is 1. The monoisotopic (exact) mass is 318 g/mol. The Morgan fingerprint density at radius 2 is 2.24 bits per heavy atom. The molecule has 106 valence electrons. The summed E-state index contributed by atoms with van der Waals surface area (Å²) in [5.41, 5.74) is 2.00. The number of thiophene rings is 1. The van der Waals surface area contributed by atoms with E-state index in [9.17, 15) is 4.79 Å². The summed E-state index contributed by atoms with van der Waals surface area (Å²) >= 11 is 7.57. The second-order valence-corrected chi connectivity index (χ2v) is 5.86. The highest BCUT2D eigenvalue weighted by molar-refractivity contribution is 7.10. The molecule has 2 aromatic heterocycles. The van der Waals surface area contributed by atoms with Crippen LogP contribution < -0.4 is 5.32 Å². The lowest BCUT2D eigenvalue weighted by atomic mass is 10.2. The van der Waals surface area contributed by atoms with Crippen LogP contribution in [-0.4, -0.2) is 16.1 Å². The molecule has 0 aliphatic carbocycles. The van der Waals surface area contributed by atoms with Crippen LogP contribution in [0.1, 0.15) is 15.2 Å². The molecule has 0 aliphatic heterocycles. The molecule has 21 heavy (non-hydrogen) atoms. The molecule has 3 rings (SSSR count). The van der Waals surface area contributed by atoms with E-state index in [0.29, 0.717) is 17.1 Å². The molecule has 0 amide bonds. The van der Waals surface area contributed by atoms with Gasteiger partial charge in [0.25, 0.3) is 0 Å². The fourth-order valence-electron chi connectivity index (χ4n) is 2.05. The van der Waals surface area contributed by atoms with Crippen molar-refractivity contribution in [3.8, 4) is 0 Å². The van der Waals surface area contributed by atoms with Crippen LogP contribution in [-0.2, 0) is 6.54 Å². The quantitative estimate of drug-likeness (QED) is 0.754. The lowest BCUT2D eigenvalue weighted by molar-refractivity contribution is 0.0697. The Labute approximate surface area is 130 Å². The average Bonchev–Trinajstić information content (AvgIpc) is 2.96. The Balaban J connectivity index is 1.85. The van der Waals surface area contributed by atoms with Crippen molar-refractivity contribution in [3.63, 3.8) is 0 Å². The Morgan fingerprint density at radius 1 is 1.38 bits per heavy atom. The van der Waals surface area contributed by atoms with E-state index in [4.69, 9.17) is 16.7 Å². The van der Waals surface area contributed by atoms with Gasteiger partial charge < -0.3 is 10.4 Å². The molecule has 0 spiro atoms. The van der Waals surface area contributed by atoms with E-state index in [0.717, 1.165) is 21.5 Å². The average molecular weight is 319 g/mol. The number of pyridine rings is 1. The van der Waals surface area contributed by atoms with Crippen molar-refractivity contribution in [1.29, 1.82) is 0 Å². The molecule has 0 atom stereocenters. The number of carboxylic acids is 1. The number of carbonyl (C=O) groups is 1. The number of hydrogen-bond acceptors (Lipinski definition) is 4. The maximum Gasteiger partial charge on any atom is 0.336 e. The lowest BCUT2D eigenvalue weighted by Gasteiger charge is -2.09. The SMILES string of the molecule is O=C(O)c1csc(CNc2ccc(Cl)c3cccnc23)c1. The van der Waals surface area contributed by atoms with E-state index in [1.54, 1.807) is 17.6 Å². The summed E-state index contributed by atoms with van der Waals surface area (Å²) in [7, 11) is 0. The van der Waals surface area contributed by atoms with Gasteiger partial charge in [-0.3, -0.25) is 4.98 Å². The Kier molecular flexibility index (Phi) is 3.77. The first-order chi connectivity index (χ1) is 10.1. The van der Waals surface area contributed by atoms with Gasteiger partial charge in [-0.2, -0.15) is 0 Å². The Hall–Kier alpha value is -2.11. The maximum absolute atomic E-state index is 10.9. The predicted octanol–water partition coefficient (Wildman–Crippen LogP) is 4.26. The third kappa shape index (κ3) is 2.84. The minimum Gasteiger partial charge on any atom is -0.478 e. The summed E-state index contributed by atoms with van der Waals surface area (Å²) in [6, 6.07) is 9.14. The number of carboxylic acid groups (broad SMARTS) is 1. The Morgan fingerprint density at radius 3 is 3.00 bits per heavy atom. The normalized spacial score (nSPS) is 10.7. The zero-order valence-corrected chi connectivity index (χ0v) is 12.4. The highest BCUT2D eigenvalue weighted by atomic mass is 35.5. The summed E-state index contributed by atoms with van der Waals surface area (Å²) < 4.78 is 0. The third-order valence-corrected chi connectivity index (χ3v) is 4.34. The number of nitrogens with zero attached hydrogens (tertiary/aromatic N) is 1. The number of anilines is 1. The van der Waals surface area contributed by atoms with Gasteiger partial charge in [0.1, 0.15) is 0 Å². The second-order valence-electron chi connectivity index (χ2n) is 4.45. The van der Waals surface area contributed by atoms with Crippen molar-refractivity contribution < 1.29 is 9.90 Å². The fourth-order valence-corrected chi connectivity index (χ4v) is 3.06. The number of nitrogens with one attached hydrogen (secondary N) is 1. The molecule has 3 aromatic rings. The molecule has 6 heteroatoms. The molecule has 0 bridgehead atoms. The van der Waals surface area contributed by atoms with Crippen LogP contribution in [0, 0.1) is 0 Å². The highest BCUT2D eigenvalue weighted by Gasteiger charge is 2.08. The van der Waals surface area contributed by atoms with Crippen molar-refractivity contribution in [2.75, 3.05) is 5.32 Å². The standard InChI is InChI=1S/C15H11ClN2O2S/c16-12-3-4-13(14-11(12)2-1-5-17-14)18-7-10-6-9(8-21-10)15(19)20/h1-6,8,18H,7H2,(H,19,20). The summed E-state index contributed by atoms with van der Waals surface area (Å²) in [4.78, 5) is 16.2. The van der Waals surface area contributed by atoms with Gasteiger partial charge in [0, 0.05) is 28.4 Å². The first-order valence-electron chi connectivity index (χ1n) is 6.23. The molecule has 0 fully saturated rings. The zero-order chi connectivity index (χ0) is 14.8. The minimum absolute atomic E-state index is 0.316. The number of fused-ring (bicyclic) bond motifs is 1. The van der Waals surface area contributed by atoms with E-state index in [-0.39, 0.29) is 0 Å². The van der Waals surface area contributed by atoms with Crippen LogP contribution in [0.25, 0.3) is 10.9 Å². The van der Waals surface area contributed by atoms with Gasteiger partial charge >= 0.3 is 5.97 Å². The van der Waals surface area contributed by atoms with Crippen molar-refractivity contribution in [2.24, 2.45) is 0 Å². The van der Waals surface area contributed by atoms with Crippen LogP contribution in [0.5, 0.6) is 0 Å². The smallest absolute Gasteiger partial charge is 0.336 e. The number of rotatable bonds is 4. The molecular weight excluding hydrogens is 308 g/mol. The van der Waals surface area contributed by atoms with E-state index >= 15 is 0 Å². The molecule has 4 nitrogen and oxygen atoms in total. The Bertz CT molecular complexity index is 816. The van der Waals surface area contributed by atoms with Gasteiger partial charge in [-0.05, 0) is 30.3 Å². The van der Waals surface area contributed by atoms with Crippen LogP contribution in [0.4, 0.5) is 5.69 Å².